The van der Waals surface area contributed by atoms with Crippen LogP contribution in [-0.2, 0) is 21.1 Å². The highest BCUT2D eigenvalue weighted by Crippen LogP contribution is 2.45. The van der Waals surface area contributed by atoms with Gasteiger partial charge in [0.05, 0.1) is 18.1 Å². The quantitative estimate of drug-likeness (QED) is 0.811. The summed E-state index contributed by atoms with van der Waals surface area (Å²) >= 11 is 0. The van der Waals surface area contributed by atoms with Crippen molar-refractivity contribution in [3.63, 3.8) is 0 Å². The van der Waals surface area contributed by atoms with Gasteiger partial charge in [-0.3, -0.25) is 4.90 Å². The molecule has 2 fully saturated rings. The molecule has 3 rings (SSSR count). The van der Waals surface area contributed by atoms with Crippen molar-refractivity contribution in [2.24, 2.45) is 5.92 Å². The van der Waals surface area contributed by atoms with Crippen molar-refractivity contribution < 1.29 is 17.7 Å². The van der Waals surface area contributed by atoms with Crippen LogP contribution in [0.2, 0.25) is 0 Å². The van der Waals surface area contributed by atoms with Crippen molar-refractivity contribution in [3.05, 3.63) is 17.5 Å². The molecule has 0 unspecified atom stereocenters. The Balaban J connectivity index is 1.69. The molecule has 0 saturated carbocycles. The SMILES string of the molecule is COC[C@H]1CCS(=O)(=O)C12CN(Cc1cc(C)on1)C2. The van der Waals surface area contributed by atoms with E-state index in [-0.39, 0.29) is 11.7 Å². The third-order valence-electron chi connectivity index (χ3n) is 4.51. The van der Waals surface area contributed by atoms with Crippen LogP contribution in [0.15, 0.2) is 10.6 Å². The Kier molecular flexibility index (Phi) is 3.38. The van der Waals surface area contributed by atoms with Crippen molar-refractivity contribution in [3.8, 4) is 0 Å². The van der Waals surface area contributed by atoms with Crippen LogP contribution >= 0.6 is 0 Å². The van der Waals surface area contributed by atoms with Crippen LogP contribution in [0.5, 0.6) is 0 Å². The van der Waals surface area contributed by atoms with Crippen LogP contribution in [0.4, 0.5) is 0 Å². The standard InChI is InChI=1S/C13H20N2O4S/c1-10-5-12(14-19-10)6-15-8-13(9-15)11(7-18-2)3-4-20(13,16)17/h5,11H,3-4,6-9H2,1-2H3/t11-/m1/s1. The zero-order chi connectivity index (χ0) is 14.4. The normalized spacial score (nSPS) is 27.8. The van der Waals surface area contributed by atoms with E-state index in [1.54, 1.807) is 7.11 Å². The summed E-state index contributed by atoms with van der Waals surface area (Å²) in [6.45, 7) is 4.18. The molecule has 0 aliphatic carbocycles. The highest BCUT2D eigenvalue weighted by molar-refractivity contribution is 7.93. The second-order valence-electron chi connectivity index (χ2n) is 5.90. The van der Waals surface area contributed by atoms with E-state index in [0.717, 1.165) is 11.5 Å². The molecule has 7 heteroatoms. The van der Waals surface area contributed by atoms with E-state index in [0.29, 0.717) is 32.7 Å². The Bertz CT molecular complexity index is 589. The van der Waals surface area contributed by atoms with Gasteiger partial charge in [0.1, 0.15) is 10.5 Å². The van der Waals surface area contributed by atoms with Gasteiger partial charge in [-0.25, -0.2) is 8.42 Å². The molecule has 1 atom stereocenters. The number of methoxy groups -OCH3 is 1. The van der Waals surface area contributed by atoms with Crippen molar-refractivity contribution in [2.45, 2.75) is 24.6 Å². The van der Waals surface area contributed by atoms with E-state index in [2.05, 4.69) is 10.1 Å². The van der Waals surface area contributed by atoms with Crippen LogP contribution in [0, 0.1) is 12.8 Å². The lowest BCUT2D eigenvalue weighted by Crippen LogP contribution is -2.67. The molecule has 3 heterocycles. The first-order chi connectivity index (χ1) is 9.47. The number of aryl methyl sites for hydroxylation is 1. The number of hydrogen-bond donors (Lipinski definition) is 0. The molecule has 0 amide bonds. The average molecular weight is 300 g/mol. The number of sulfone groups is 1. The highest BCUT2D eigenvalue weighted by Gasteiger charge is 2.61. The molecule has 2 aliphatic rings. The topological polar surface area (TPSA) is 72.6 Å². The Labute approximate surface area is 119 Å². The lowest BCUT2D eigenvalue weighted by atomic mass is 9.83. The van der Waals surface area contributed by atoms with E-state index in [1.165, 1.54) is 0 Å². The second-order valence-corrected chi connectivity index (χ2v) is 8.35. The summed E-state index contributed by atoms with van der Waals surface area (Å²) in [7, 11) is -1.37. The molecule has 0 aromatic carbocycles. The van der Waals surface area contributed by atoms with Crippen LogP contribution in [0.25, 0.3) is 0 Å². The molecule has 1 aromatic rings. The number of hydrogen-bond acceptors (Lipinski definition) is 6. The predicted molar refractivity (Wildman–Crippen MR) is 73.0 cm³/mol. The monoisotopic (exact) mass is 300 g/mol. The first-order valence-electron chi connectivity index (χ1n) is 6.83. The molecule has 0 bridgehead atoms. The summed E-state index contributed by atoms with van der Waals surface area (Å²) in [5.74, 6) is 1.19. The van der Waals surface area contributed by atoms with Crippen molar-refractivity contribution in [1.82, 2.24) is 10.1 Å². The smallest absolute Gasteiger partial charge is 0.158 e. The molecule has 20 heavy (non-hydrogen) atoms. The maximum atomic E-state index is 12.3. The molecule has 0 N–H and O–H groups in total. The van der Waals surface area contributed by atoms with Crippen LogP contribution in [-0.4, -0.2) is 55.8 Å². The third kappa shape index (κ3) is 2.08. The van der Waals surface area contributed by atoms with Gasteiger partial charge in [-0.05, 0) is 13.3 Å². The fourth-order valence-corrected chi connectivity index (χ4v) is 5.91. The average Bonchev–Trinajstić information content (AvgIpc) is 2.84. The fraction of sp³-hybridized carbons (Fsp3) is 0.769. The van der Waals surface area contributed by atoms with E-state index in [1.807, 2.05) is 13.0 Å². The zero-order valence-electron chi connectivity index (χ0n) is 11.8. The largest absolute Gasteiger partial charge is 0.384 e. The minimum absolute atomic E-state index is 0.118. The molecule has 1 spiro atoms. The molecule has 2 saturated heterocycles. The number of ether oxygens (including phenoxy) is 1. The van der Waals surface area contributed by atoms with Gasteiger partial charge < -0.3 is 9.26 Å². The van der Waals surface area contributed by atoms with Crippen LogP contribution < -0.4 is 0 Å². The van der Waals surface area contributed by atoms with Crippen LogP contribution in [0.1, 0.15) is 17.9 Å². The Hall–Kier alpha value is -0.920. The van der Waals surface area contributed by atoms with Gasteiger partial charge in [0.2, 0.25) is 0 Å². The van der Waals surface area contributed by atoms with Gasteiger partial charge >= 0.3 is 0 Å². The maximum Gasteiger partial charge on any atom is 0.158 e. The minimum Gasteiger partial charge on any atom is -0.384 e. The first-order valence-corrected chi connectivity index (χ1v) is 8.48. The summed E-state index contributed by atoms with van der Waals surface area (Å²) < 4.78 is 34.3. The lowest BCUT2D eigenvalue weighted by Gasteiger charge is -2.49. The zero-order valence-corrected chi connectivity index (χ0v) is 12.6. The summed E-state index contributed by atoms with van der Waals surface area (Å²) in [6, 6.07) is 1.89. The Morgan fingerprint density at radius 3 is 2.90 bits per heavy atom. The van der Waals surface area contributed by atoms with E-state index in [9.17, 15) is 8.42 Å². The van der Waals surface area contributed by atoms with E-state index < -0.39 is 14.6 Å². The molecule has 112 valence electrons. The lowest BCUT2D eigenvalue weighted by molar-refractivity contribution is 0.0399. The Morgan fingerprint density at radius 2 is 2.30 bits per heavy atom. The van der Waals surface area contributed by atoms with Gasteiger partial charge in [0.15, 0.2) is 9.84 Å². The van der Waals surface area contributed by atoms with Crippen LogP contribution in [0.3, 0.4) is 0 Å². The van der Waals surface area contributed by atoms with E-state index >= 15 is 0 Å². The Morgan fingerprint density at radius 1 is 1.55 bits per heavy atom. The highest BCUT2D eigenvalue weighted by atomic mass is 32.2. The second kappa shape index (κ2) is 4.82. The molecule has 2 aliphatic heterocycles. The summed E-state index contributed by atoms with van der Waals surface area (Å²) in [6.07, 6.45) is 0.715. The summed E-state index contributed by atoms with van der Waals surface area (Å²) in [4.78, 5) is 2.11. The van der Waals surface area contributed by atoms with Crippen molar-refractivity contribution >= 4 is 9.84 Å². The fourth-order valence-electron chi connectivity index (χ4n) is 3.45. The van der Waals surface area contributed by atoms with Gasteiger partial charge in [-0.2, -0.15) is 0 Å². The minimum atomic E-state index is -3.01. The third-order valence-corrected chi connectivity index (χ3v) is 7.11. The van der Waals surface area contributed by atoms with Crippen molar-refractivity contribution in [2.75, 3.05) is 32.6 Å². The first kappa shape index (κ1) is 14.0. The number of likely N-dealkylation sites (tertiary alicyclic amines) is 1. The number of aromatic nitrogens is 1. The number of rotatable bonds is 4. The predicted octanol–water partition coefficient (Wildman–Crippen LogP) is 0.619. The molecule has 6 nitrogen and oxygen atoms in total. The molecular formula is C13H20N2O4S. The van der Waals surface area contributed by atoms with Gasteiger partial charge in [-0.1, -0.05) is 5.16 Å². The molecular weight excluding hydrogens is 280 g/mol. The summed E-state index contributed by atoms with van der Waals surface area (Å²) in [5.41, 5.74) is 0.857. The summed E-state index contributed by atoms with van der Waals surface area (Å²) in [5, 5.41) is 3.95. The number of nitrogens with zero attached hydrogens (tertiary/aromatic N) is 2. The van der Waals surface area contributed by atoms with Gasteiger partial charge in [0, 0.05) is 38.7 Å². The molecule has 0 radical (unpaired) electrons. The van der Waals surface area contributed by atoms with Crippen molar-refractivity contribution in [1.29, 1.82) is 0 Å². The maximum absolute atomic E-state index is 12.3. The van der Waals surface area contributed by atoms with Gasteiger partial charge in [0.25, 0.3) is 0 Å². The van der Waals surface area contributed by atoms with E-state index in [4.69, 9.17) is 9.26 Å². The van der Waals surface area contributed by atoms with Gasteiger partial charge in [-0.15, -0.1) is 0 Å². The molecule has 1 aromatic heterocycles.